The zero-order valence-corrected chi connectivity index (χ0v) is 16.8. The average molecular weight is 383 g/mol. The fraction of sp³-hybridized carbons (Fsp3) is 0.455. The lowest BCUT2D eigenvalue weighted by atomic mass is 10.0. The lowest BCUT2D eigenvalue weighted by Crippen LogP contribution is -2.51. The smallest absolute Gasteiger partial charge is 0.261 e. The first-order chi connectivity index (χ1) is 13.5. The summed E-state index contributed by atoms with van der Waals surface area (Å²) in [6.45, 7) is 9.98. The summed E-state index contributed by atoms with van der Waals surface area (Å²) in [7, 11) is 0. The van der Waals surface area contributed by atoms with Gasteiger partial charge in [0.15, 0.2) is 0 Å². The van der Waals surface area contributed by atoms with Crippen molar-refractivity contribution in [3.8, 4) is 11.3 Å². The van der Waals surface area contributed by atoms with Gasteiger partial charge in [0.1, 0.15) is 5.56 Å². The highest BCUT2D eigenvalue weighted by Gasteiger charge is 2.24. The summed E-state index contributed by atoms with van der Waals surface area (Å²) in [5.74, 6) is 0.0522. The molecule has 1 aliphatic heterocycles. The van der Waals surface area contributed by atoms with Gasteiger partial charge in [-0.15, -0.1) is 0 Å². The fourth-order valence-electron chi connectivity index (χ4n) is 3.62. The molecule has 1 aromatic carbocycles. The Hall–Kier alpha value is -2.44. The van der Waals surface area contributed by atoms with Gasteiger partial charge in [0.2, 0.25) is 0 Å². The van der Waals surface area contributed by atoms with Crippen LogP contribution in [0.15, 0.2) is 41.2 Å². The fourth-order valence-corrected chi connectivity index (χ4v) is 3.62. The molecule has 1 fully saturated rings. The number of benzene rings is 1. The third-order valence-electron chi connectivity index (χ3n) is 5.24. The van der Waals surface area contributed by atoms with E-state index in [9.17, 15) is 9.59 Å². The van der Waals surface area contributed by atoms with Crippen molar-refractivity contribution in [2.75, 3.05) is 32.8 Å². The standard InChI is InChI=1S/C22H29N3O3/c1-15(2)20(25-9-11-28-12-10-25)14-23-21(26)18-7-8-19(24-22(18)27)17-6-4-5-16(3)13-17/h4-8,13,15,20H,9-12,14H2,1-3H3,(H,23,26)(H,24,27). The second-order valence-corrected chi connectivity index (χ2v) is 7.65. The SMILES string of the molecule is Cc1cccc(-c2ccc(C(=O)NCC(C(C)C)N3CCOCC3)c(=O)[nH]2)c1. The molecule has 6 nitrogen and oxygen atoms in total. The predicted molar refractivity (Wildman–Crippen MR) is 111 cm³/mol. The molecule has 2 heterocycles. The Labute approximate surface area is 165 Å². The van der Waals surface area contributed by atoms with Gasteiger partial charge in [-0.2, -0.15) is 0 Å². The minimum atomic E-state index is -0.371. The van der Waals surface area contributed by atoms with Gasteiger partial charge in [0.05, 0.1) is 13.2 Å². The highest BCUT2D eigenvalue weighted by Crippen LogP contribution is 2.17. The van der Waals surface area contributed by atoms with Gasteiger partial charge in [0, 0.05) is 31.4 Å². The number of carbonyl (C=O) groups is 1. The first kappa shape index (κ1) is 20.3. The van der Waals surface area contributed by atoms with Gasteiger partial charge >= 0.3 is 0 Å². The molecule has 0 aliphatic carbocycles. The lowest BCUT2D eigenvalue weighted by molar-refractivity contribution is 0.00672. The number of hydrogen-bond donors (Lipinski definition) is 2. The molecular weight excluding hydrogens is 354 g/mol. The first-order valence-corrected chi connectivity index (χ1v) is 9.86. The van der Waals surface area contributed by atoms with Crippen LogP contribution in [-0.2, 0) is 4.74 Å². The first-order valence-electron chi connectivity index (χ1n) is 9.86. The Morgan fingerprint density at radius 1 is 1.21 bits per heavy atom. The summed E-state index contributed by atoms with van der Waals surface area (Å²) in [5.41, 5.74) is 2.52. The van der Waals surface area contributed by atoms with Gasteiger partial charge < -0.3 is 15.0 Å². The Kier molecular flexibility index (Phi) is 6.65. The molecule has 0 radical (unpaired) electrons. The second kappa shape index (κ2) is 9.17. The number of nitrogens with zero attached hydrogens (tertiary/aromatic N) is 1. The van der Waals surface area contributed by atoms with Crippen LogP contribution in [0.3, 0.4) is 0 Å². The van der Waals surface area contributed by atoms with E-state index in [1.807, 2.05) is 31.2 Å². The van der Waals surface area contributed by atoms with E-state index >= 15 is 0 Å². The van der Waals surface area contributed by atoms with E-state index in [2.05, 4.69) is 29.0 Å². The van der Waals surface area contributed by atoms with Gasteiger partial charge in [-0.25, -0.2) is 0 Å². The maximum absolute atomic E-state index is 12.6. The molecule has 3 rings (SSSR count). The number of aromatic nitrogens is 1. The van der Waals surface area contributed by atoms with Gasteiger partial charge in [0.25, 0.3) is 11.5 Å². The van der Waals surface area contributed by atoms with E-state index in [-0.39, 0.29) is 23.1 Å². The lowest BCUT2D eigenvalue weighted by Gasteiger charge is -2.36. The molecule has 0 spiro atoms. The molecule has 1 atom stereocenters. The number of nitrogens with one attached hydrogen (secondary N) is 2. The number of morpholine rings is 1. The van der Waals surface area contributed by atoms with Crippen LogP contribution in [0, 0.1) is 12.8 Å². The second-order valence-electron chi connectivity index (χ2n) is 7.65. The maximum Gasteiger partial charge on any atom is 0.261 e. The van der Waals surface area contributed by atoms with Crippen LogP contribution in [0.5, 0.6) is 0 Å². The molecule has 1 unspecified atom stereocenters. The van der Waals surface area contributed by atoms with E-state index in [0.717, 1.165) is 37.4 Å². The van der Waals surface area contributed by atoms with Crippen LogP contribution in [0.25, 0.3) is 11.3 Å². The summed E-state index contributed by atoms with van der Waals surface area (Å²) in [6, 6.07) is 11.5. The third kappa shape index (κ3) is 4.88. The zero-order valence-electron chi connectivity index (χ0n) is 16.8. The molecule has 1 aromatic heterocycles. The molecule has 0 bridgehead atoms. The molecule has 28 heavy (non-hydrogen) atoms. The largest absolute Gasteiger partial charge is 0.379 e. The summed E-state index contributed by atoms with van der Waals surface area (Å²) < 4.78 is 5.42. The third-order valence-corrected chi connectivity index (χ3v) is 5.24. The van der Waals surface area contributed by atoms with E-state index in [1.165, 1.54) is 0 Å². The number of H-pyrrole nitrogens is 1. The number of aromatic amines is 1. The number of carbonyl (C=O) groups excluding carboxylic acids is 1. The van der Waals surface area contributed by atoms with Crippen LogP contribution in [0.1, 0.15) is 29.8 Å². The van der Waals surface area contributed by atoms with Crippen LogP contribution >= 0.6 is 0 Å². The molecule has 1 aliphatic rings. The molecule has 1 saturated heterocycles. The monoisotopic (exact) mass is 383 g/mol. The van der Waals surface area contributed by atoms with Crippen molar-refractivity contribution < 1.29 is 9.53 Å². The molecule has 2 aromatic rings. The Morgan fingerprint density at radius 3 is 2.61 bits per heavy atom. The normalized spacial score (nSPS) is 16.1. The summed E-state index contributed by atoms with van der Waals surface area (Å²) >= 11 is 0. The number of hydrogen-bond acceptors (Lipinski definition) is 4. The minimum Gasteiger partial charge on any atom is -0.379 e. The Balaban J connectivity index is 1.69. The average Bonchev–Trinajstić information content (AvgIpc) is 2.68. The highest BCUT2D eigenvalue weighted by molar-refractivity contribution is 5.94. The minimum absolute atomic E-state index is 0.140. The predicted octanol–water partition coefficient (Wildman–Crippen LogP) is 2.44. The topological polar surface area (TPSA) is 74.4 Å². The number of amides is 1. The quantitative estimate of drug-likeness (QED) is 0.804. The van der Waals surface area contributed by atoms with E-state index in [0.29, 0.717) is 18.2 Å². The van der Waals surface area contributed by atoms with Gasteiger partial charge in [-0.05, 0) is 36.6 Å². The van der Waals surface area contributed by atoms with Gasteiger partial charge in [-0.3, -0.25) is 14.5 Å². The number of aryl methyl sites for hydroxylation is 1. The zero-order chi connectivity index (χ0) is 20.1. The highest BCUT2D eigenvalue weighted by atomic mass is 16.5. The Bertz CT molecular complexity index is 869. The number of pyridine rings is 1. The molecule has 1 amide bonds. The van der Waals surface area contributed by atoms with Crippen LogP contribution in [0.2, 0.25) is 0 Å². The van der Waals surface area contributed by atoms with Crippen molar-refractivity contribution in [1.82, 2.24) is 15.2 Å². The Morgan fingerprint density at radius 2 is 1.96 bits per heavy atom. The van der Waals surface area contributed by atoms with Crippen molar-refractivity contribution in [1.29, 1.82) is 0 Å². The number of ether oxygens (including phenoxy) is 1. The molecule has 0 saturated carbocycles. The van der Waals surface area contributed by atoms with E-state index in [1.54, 1.807) is 12.1 Å². The number of rotatable bonds is 6. The van der Waals surface area contributed by atoms with Crippen molar-refractivity contribution in [2.45, 2.75) is 26.8 Å². The maximum atomic E-state index is 12.6. The molecular formula is C22H29N3O3. The molecule has 2 N–H and O–H groups in total. The molecule has 150 valence electrons. The van der Waals surface area contributed by atoms with Crippen LogP contribution in [0.4, 0.5) is 0 Å². The summed E-state index contributed by atoms with van der Waals surface area (Å²) in [5, 5.41) is 2.95. The molecule has 6 heteroatoms. The van der Waals surface area contributed by atoms with Crippen molar-refractivity contribution >= 4 is 5.91 Å². The van der Waals surface area contributed by atoms with Crippen LogP contribution in [-0.4, -0.2) is 54.7 Å². The summed E-state index contributed by atoms with van der Waals surface area (Å²) in [6.07, 6.45) is 0. The van der Waals surface area contributed by atoms with Crippen molar-refractivity contribution in [2.24, 2.45) is 5.92 Å². The summed E-state index contributed by atoms with van der Waals surface area (Å²) in [4.78, 5) is 30.3. The van der Waals surface area contributed by atoms with Crippen molar-refractivity contribution in [3.63, 3.8) is 0 Å². The van der Waals surface area contributed by atoms with E-state index < -0.39 is 0 Å². The van der Waals surface area contributed by atoms with Gasteiger partial charge in [-0.1, -0.05) is 37.6 Å². The van der Waals surface area contributed by atoms with Crippen LogP contribution < -0.4 is 10.9 Å². The van der Waals surface area contributed by atoms with Crippen molar-refractivity contribution in [3.05, 3.63) is 57.9 Å². The van der Waals surface area contributed by atoms with E-state index in [4.69, 9.17) is 4.74 Å².